The molecule has 9 heteroatoms. The lowest BCUT2D eigenvalue weighted by Crippen LogP contribution is -2.40. The van der Waals surface area contributed by atoms with Gasteiger partial charge in [0.15, 0.2) is 0 Å². The number of hydrogen-bond acceptors (Lipinski definition) is 6. The van der Waals surface area contributed by atoms with Crippen LogP contribution < -0.4 is 4.74 Å². The molecule has 0 amide bonds. The first kappa shape index (κ1) is 21.8. The highest BCUT2D eigenvalue weighted by molar-refractivity contribution is 9.10. The number of aryl methyl sites for hydroxylation is 1. The number of sulfonamides is 1. The van der Waals surface area contributed by atoms with E-state index < -0.39 is 16.0 Å². The summed E-state index contributed by atoms with van der Waals surface area (Å²) in [6.07, 6.45) is 0. The highest BCUT2D eigenvalue weighted by Crippen LogP contribution is 2.27. The summed E-state index contributed by atoms with van der Waals surface area (Å²) in [7, 11) is -3.74. The van der Waals surface area contributed by atoms with Crippen LogP contribution >= 0.6 is 15.9 Å². The number of carbonyl (C=O) groups is 1. The molecule has 7 nitrogen and oxygen atoms in total. The summed E-state index contributed by atoms with van der Waals surface area (Å²) < 4.78 is 43.5. The van der Waals surface area contributed by atoms with Crippen molar-refractivity contribution in [2.45, 2.75) is 11.8 Å². The number of benzene rings is 2. The number of rotatable bonds is 7. The molecule has 3 rings (SSSR count). The van der Waals surface area contributed by atoms with Crippen molar-refractivity contribution in [3.63, 3.8) is 0 Å². The molecule has 1 aliphatic rings. The normalized spacial score (nSPS) is 15.1. The number of esters is 1. The molecule has 0 N–H and O–H groups in total. The Hall–Kier alpha value is -1.94. The largest absolute Gasteiger partial charge is 0.490 e. The van der Waals surface area contributed by atoms with Gasteiger partial charge in [0.1, 0.15) is 19.0 Å². The van der Waals surface area contributed by atoms with E-state index in [1.165, 1.54) is 22.5 Å². The van der Waals surface area contributed by atoms with Gasteiger partial charge in [0.25, 0.3) is 0 Å². The van der Waals surface area contributed by atoms with Gasteiger partial charge in [-0.3, -0.25) is 0 Å². The molecule has 156 valence electrons. The van der Waals surface area contributed by atoms with Crippen molar-refractivity contribution in [1.82, 2.24) is 4.31 Å². The molecule has 0 bridgehead atoms. The van der Waals surface area contributed by atoms with Crippen LogP contribution in [0.4, 0.5) is 0 Å². The van der Waals surface area contributed by atoms with Crippen LogP contribution in [0.2, 0.25) is 0 Å². The SMILES string of the molecule is Cc1ccc(OCCOC(=O)c2ccc(Br)c(S(=O)(=O)N3CCOCC3)c2)cc1. The van der Waals surface area contributed by atoms with E-state index in [4.69, 9.17) is 14.2 Å². The Kier molecular flexibility index (Phi) is 7.28. The number of carbonyl (C=O) groups excluding carboxylic acids is 1. The zero-order valence-corrected chi connectivity index (χ0v) is 18.4. The van der Waals surface area contributed by atoms with Crippen LogP contribution in [-0.2, 0) is 19.5 Å². The van der Waals surface area contributed by atoms with Crippen molar-refractivity contribution in [2.24, 2.45) is 0 Å². The van der Waals surface area contributed by atoms with Crippen LogP contribution in [0.1, 0.15) is 15.9 Å². The van der Waals surface area contributed by atoms with E-state index in [0.717, 1.165) is 5.56 Å². The van der Waals surface area contributed by atoms with Crippen LogP contribution in [0.5, 0.6) is 5.75 Å². The number of morpholine rings is 1. The maximum atomic E-state index is 12.9. The molecule has 1 fully saturated rings. The fraction of sp³-hybridized carbons (Fsp3) is 0.350. The van der Waals surface area contributed by atoms with Gasteiger partial charge in [0.2, 0.25) is 10.0 Å². The Morgan fingerprint density at radius 1 is 1.10 bits per heavy atom. The molecule has 29 heavy (non-hydrogen) atoms. The van der Waals surface area contributed by atoms with Crippen LogP contribution in [-0.4, -0.2) is 58.2 Å². The summed E-state index contributed by atoms with van der Waals surface area (Å²) in [6, 6.07) is 11.9. The third-order valence-corrected chi connectivity index (χ3v) is 7.25. The Labute approximate surface area is 178 Å². The molecule has 0 spiro atoms. The summed E-state index contributed by atoms with van der Waals surface area (Å²) in [6.45, 7) is 3.48. The number of nitrogens with zero attached hydrogens (tertiary/aromatic N) is 1. The van der Waals surface area contributed by atoms with E-state index in [9.17, 15) is 13.2 Å². The monoisotopic (exact) mass is 483 g/mol. The van der Waals surface area contributed by atoms with Gasteiger partial charge < -0.3 is 14.2 Å². The molecule has 0 aromatic heterocycles. The van der Waals surface area contributed by atoms with E-state index in [2.05, 4.69) is 15.9 Å². The lowest BCUT2D eigenvalue weighted by atomic mass is 10.2. The van der Waals surface area contributed by atoms with Crippen LogP contribution in [0.3, 0.4) is 0 Å². The second-order valence-corrected chi connectivity index (χ2v) is 9.22. The number of halogens is 1. The van der Waals surface area contributed by atoms with Gasteiger partial charge in [-0.1, -0.05) is 17.7 Å². The van der Waals surface area contributed by atoms with Crippen LogP contribution in [0.15, 0.2) is 51.8 Å². The molecule has 0 atom stereocenters. The molecule has 2 aromatic rings. The summed E-state index contributed by atoms with van der Waals surface area (Å²) in [5.74, 6) is 0.0811. The fourth-order valence-electron chi connectivity index (χ4n) is 2.77. The van der Waals surface area contributed by atoms with Gasteiger partial charge in [0, 0.05) is 17.6 Å². The number of ether oxygens (including phenoxy) is 3. The third-order valence-electron chi connectivity index (χ3n) is 4.36. The summed E-state index contributed by atoms with van der Waals surface area (Å²) in [4.78, 5) is 12.4. The van der Waals surface area contributed by atoms with E-state index in [1.54, 1.807) is 0 Å². The molecule has 0 unspecified atom stereocenters. The summed E-state index contributed by atoms with van der Waals surface area (Å²) in [5, 5.41) is 0. The second kappa shape index (κ2) is 9.71. The molecule has 0 aliphatic carbocycles. The average Bonchev–Trinajstić information content (AvgIpc) is 2.73. The smallest absolute Gasteiger partial charge is 0.338 e. The van der Waals surface area contributed by atoms with E-state index in [1.807, 2.05) is 31.2 Å². The molecular weight excluding hydrogens is 462 g/mol. The van der Waals surface area contributed by atoms with Crippen LogP contribution in [0, 0.1) is 6.92 Å². The van der Waals surface area contributed by atoms with Gasteiger partial charge in [-0.25, -0.2) is 13.2 Å². The Morgan fingerprint density at radius 3 is 2.48 bits per heavy atom. The van der Waals surface area contributed by atoms with Gasteiger partial charge in [0.05, 0.1) is 23.7 Å². The van der Waals surface area contributed by atoms with Gasteiger partial charge in [-0.15, -0.1) is 0 Å². The summed E-state index contributed by atoms with van der Waals surface area (Å²) >= 11 is 3.27. The van der Waals surface area contributed by atoms with Crippen molar-refractivity contribution < 1.29 is 27.4 Å². The first-order valence-electron chi connectivity index (χ1n) is 9.12. The number of hydrogen-bond donors (Lipinski definition) is 0. The van der Waals surface area contributed by atoms with Crippen molar-refractivity contribution in [2.75, 3.05) is 39.5 Å². The van der Waals surface area contributed by atoms with E-state index in [-0.39, 0.29) is 36.8 Å². The molecule has 2 aromatic carbocycles. The standard InChI is InChI=1S/C20H22BrNO6S/c1-15-2-5-17(6-3-15)27-12-13-28-20(23)16-4-7-18(21)19(14-16)29(24,25)22-8-10-26-11-9-22/h2-7,14H,8-13H2,1H3. The maximum absolute atomic E-state index is 12.9. The molecule has 0 radical (unpaired) electrons. The van der Waals surface area contributed by atoms with E-state index in [0.29, 0.717) is 23.4 Å². The zero-order chi connectivity index (χ0) is 20.9. The zero-order valence-electron chi connectivity index (χ0n) is 16.0. The minimum atomic E-state index is -3.74. The highest BCUT2D eigenvalue weighted by Gasteiger charge is 2.29. The molecule has 1 saturated heterocycles. The van der Waals surface area contributed by atoms with Crippen molar-refractivity contribution in [3.8, 4) is 5.75 Å². The van der Waals surface area contributed by atoms with Crippen LogP contribution in [0.25, 0.3) is 0 Å². The topological polar surface area (TPSA) is 82.1 Å². The fourth-order valence-corrected chi connectivity index (χ4v) is 5.12. The van der Waals surface area contributed by atoms with E-state index >= 15 is 0 Å². The van der Waals surface area contributed by atoms with Gasteiger partial charge >= 0.3 is 5.97 Å². The minimum Gasteiger partial charge on any atom is -0.490 e. The van der Waals surface area contributed by atoms with Crippen molar-refractivity contribution in [3.05, 3.63) is 58.1 Å². The predicted molar refractivity (Wildman–Crippen MR) is 111 cm³/mol. The first-order valence-corrected chi connectivity index (χ1v) is 11.4. The van der Waals surface area contributed by atoms with Gasteiger partial charge in [-0.2, -0.15) is 4.31 Å². The summed E-state index contributed by atoms with van der Waals surface area (Å²) in [5.41, 5.74) is 1.29. The Morgan fingerprint density at radius 2 is 1.79 bits per heavy atom. The predicted octanol–water partition coefficient (Wildman–Crippen LogP) is 3.01. The molecule has 0 saturated carbocycles. The lowest BCUT2D eigenvalue weighted by Gasteiger charge is -2.26. The van der Waals surface area contributed by atoms with Gasteiger partial charge in [-0.05, 0) is 53.2 Å². The molecule has 1 aliphatic heterocycles. The maximum Gasteiger partial charge on any atom is 0.338 e. The average molecular weight is 484 g/mol. The lowest BCUT2D eigenvalue weighted by molar-refractivity contribution is 0.0450. The van der Waals surface area contributed by atoms with Crippen molar-refractivity contribution >= 4 is 31.9 Å². The van der Waals surface area contributed by atoms with Crippen molar-refractivity contribution in [1.29, 1.82) is 0 Å². The Balaban J connectivity index is 1.62. The Bertz CT molecular complexity index is 955. The minimum absolute atomic E-state index is 0.0322. The highest BCUT2D eigenvalue weighted by atomic mass is 79.9. The third kappa shape index (κ3) is 5.57. The molecule has 1 heterocycles. The second-order valence-electron chi connectivity index (χ2n) is 6.46. The quantitative estimate of drug-likeness (QED) is 0.444. The first-order chi connectivity index (χ1) is 13.9. The molecular formula is C20H22BrNO6S.